The number of carbonyl (C=O) groups is 1. The van der Waals surface area contributed by atoms with Gasteiger partial charge < -0.3 is 14.8 Å². The van der Waals surface area contributed by atoms with Crippen LogP contribution in [0.25, 0.3) is 0 Å². The molecule has 1 atom stereocenters. The zero-order chi connectivity index (χ0) is 20.2. The van der Waals surface area contributed by atoms with Gasteiger partial charge in [-0.15, -0.1) is 0 Å². The molecule has 6 heteroatoms. The summed E-state index contributed by atoms with van der Waals surface area (Å²) in [5.41, 5.74) is 2.17. The van der Waals surface area contributed by atoms with Gasteiger partial charge in [0, 0.05) is 17.5 Å². The predicted octanol–water partition coefficient (Wildman–Crippen LogP) is 4.20. The van der Waals surface area contributed by atoms with Gasteiger partial charge in [-0.2, -0.15) is 0 Å². The molecule has 2 aromatic rings. The maximum Gasteiger partial charge on any atom is 0.223 e. The smallest absolute Gasteiger partial charge is 0.223 e. The number of hydrogen-bond donors (Lipinski definition) is 1. The molecule has 4 rings (SSSR count). The van der Waals surface area contributed by atoms with Crippen LogP contribution >= 0.6 is 11.6 Å². The minimum absolute atomic E-state index is 0.0529. The Labute approximate surface area is 176 Å². The van der Waals surface area contributed by atoms with Crippen LogP contribution in [0.15, 0.2) is 42.5 Å². The number of ether oxygens (including phenoxy) is 2. The maximum absolute atomic E-state index is 12.8. The lowest BCUT2D eigenvalue weighted by Crippen LogP contribution is -2.40. The van der Waals surface area contributed by atoms with Gasteiger partial charge in [-0.1, -0.05) is 35.9 Å². The molecular weight excluding hydrogens is 388 g/mol. The Balaban J connectivity index is 1.29. The van der Waals surface area contributed by atoms with E-state index in [4.69, 9.17) is 21.1 Å². The normalized spacial score (nSPS) is 18.3. The number of hydrogen-bond acceptors (Lipinski definition) is 4. The quantitative estimate of drug-likeness (QED) is 0.796. The highest BCUT2D eigenvalue weighted by Gasteiger charge is 2.26. The Morgan fingerprint density at radius 2 is 1.86 bits per heavy atom. The number of likely N-dealkylation sites (tertiary alicyclic amines) is 1. The molecule has 1 N–H and O–H groups in total. The minimum atomic E-state index is -0.0699. The van der Waals surface area contributed by atoms with Crippen molar-refractivity contribution in [2.24, 2.45) is 5.92 Å². The molecule has 2 aromatic carbocycles. The lowest BCUT2D eigenvalue weighted by atomic mass is 9.94. The first-order valence-electron chi connectivity index (χ1n) is 10.3. The van der Waals surface area contributed by atoms with Crippen LogP contribution in [0.4, 0.5) is 0 Å². The highest BCUT2D eigenvalue weighted by molar-refractivity contribution is 6.31. The molecule has 2 aliphatic rings. The second-order valence-corrected chi connectivity index (χ2v) is 8.18. The van der Waals surface area contributed by atoms with E-state index in [9.17, 15) is 4.79 Å². The Morgan fingerprint density at radius 1 is 1.14 bits per heavy atom. The molecular formula is C23H27ClN2O3. The topological polar surface area (TPSA) is 50.8 Å². The second-order valence-electron chi connectivity index (χ2n) is 7.78. The van der Waals surface area contributed by atoms with Crippen molar-refractivity contribution in [1.82, 2.24) is 10.2 Å². The fourth-order valence-electron chi connectivity index (χ4n) is 3.96. The summed E-state index contributed by atoms with van der Waals surface area (Å²) in [5.74, 6) is 1.70. The third kappa shape index (κ3) is 4.85. The fraction of sp³-hybridized carbons (Fsp3) is 0.435. The van der Waals surface area contributed by atoms with Crippen LogP contribution in [0, 0.1) is 5.92 Å². The van der Waals surface area contributed by atoms with Crippen LogP contribution in [-0.2, 0) is 11.3 Å². The van der Waals surface area contributed by atoms with Gasteiger partial charge in [0.1, 0.15) is 13.2 Å². The van der Waals surface area contributed by atoms with Crippen LogP contribution in [0.5, 0.6) is 11.5 Å². The van der Waals surface area contributed by atoms with E-state index in [1.165, 1.54) is 0 Å². The number of amides is 1. The van der Waals surface area contributed by atoms with Gasteiger partial charge >= 0.3 is 0 Å². The monoisotopic (exact) mass is 414 g/mol. The molecule has 29 heavy (non-hydrogen) atoms. The molecule has 2 heterocycles. The molecule has 0 aromatic heterocycles. The average molecular weight is 415 g/mol. The third-order valence-corrected chi connectivity index (χ3v) is 6.10. The van der Waals surface area contributed by atoms with E-state index >= 15 is 0 Å². The minimum Gasteiger partial charge on any atom is -0.486 e. The molecule has 0 bridgehead atoms. The summed E-state index contributed by atoms with van der Waals surface area (Å²) in [4.78, 5) is 15.2. The Kier molecular flexibility index (Phi) is 6.26. The first-order chi connectivity index (χ1) is 14.1. The fourth-order valence-corrected chi connectivity index (χ4v) is 4.16. The van der Waals surface area contributed by atoms with E-state index in [1.54, 1.807) is 0 Å². The first kappa shape index (κ1) is 20.0. The van der Waals surface area contributed by atoms with Gasteiger partial charge in [-0.25, -0.2) is 0 Å². The van der Waals surface area contributed by atoms with E-state index < -0.39 is 0 Å². The molecule has 0 unspecified atom stereocenters. The van der Waals surface area contributed by atoms with E-state index in [-0.39, 0.29) is 17.9 Å². The van der Waals surface area contributed by atoms with E-state index in [1.807, 2.05) is 43.3 Å². The summed E-state index contributed by atoms with van der Waals surface area (Å²) in [6, 6.07) is 13.8. The predicted molar refractivity (Wildman–Crippen MR) is 113 cm³/mol. The number of piperidine rings is 1. The molecule has 0 saturated carbocycles. The SMILES string of the molecule is C[C@@H](NC(=O)C1CCN(Cc2ccccc2Cl)CC1)c1ccc2c(c1)OCCO2. The molecule has 2 aliphatic heterocycles. The standard InChI is InChI=1S/C23H27ClN2O3/c1-16(18-6-7-21-22(14-18)29-13-12-28-21)25-23(27)17-8-10-26(11-9-17)15-19-4-2-3-5-20(19)24/h2-7,14,16-17H,8-13,15H2,1H3,(H,25,27)/t16-/m1/s1. The number of carbonyl (C=O) groups excluding carboxylic acids is 1. The highest BCUT2D eigenvalue weighted by Crippen LogP contribution is 2.33. The van der Waals surface area contributed by atoms with Crippen molar-refractivity contribution in [2.45, 2.75) is 32.4 Å². The third-order valence-electron chi connectivity index (χ3n) is 5.74. The Morgan fingerprint density at radius 3 is 2.62 bits per heavy atom. The van der Waals surface area contributed by atoms with Crippen molar-refractivity contribution in [3.8, 4) is 11.5 Å². The van der Waals surface area contributed by atoms with Crippen molar-refractivity contribution in [3.63, 3.8) is 0 Å². The summed E-state index contributed by atoms with van der Waals surface area (Å²) in [7, 11) is 0. The largest absolute Gasteiger partial charge is 0.486 e. The average Bonchev–Trinajstić information content (AvgIpc) is 2.75. The van der Waals surface area contributed by atoms with Gasteiger partial charge in [-0.3, -0.25) is 9.69 Å². The van der Waals surface area contributed by atoms with Crippen molar-refractivity contribution < 1.29 is 14.3 Å². The lowest BCUT2D eigenvalue weighted by Gasteiger charge is -2.32. The van der Waals surface area contributed by atoms with Gasteiger partial charge in [0.2, 0.25) is 5.91 Å². The van der Waals surface area contributed by atoms with E-state index in [0.29, 0.717) is 13.2 Å². The van der Waals surface area contributed by atoms with Gasteiger partial charge in [0.25, 0.3) is 0 Å². The summed E-state index contributed by atoms with van der Waals surface area (Å²) >= 11 is 6.27. The van der Waals surface area contributed by atoms with E-state index in [2.05, 4.69) is 16.3 Å². The summed E-state index contributed by atoms with van der Waals surface area (Å²) in [5, 5.41) is 3.98. The molecule has 5 nitrogen and oxygen atoms in total. The molecule has 0 radical (unpaired) electrons. The Hall–Kier alpha value is -2.24. The number of nitrogens with zero attached hydrogens (tertiary/aromatic N) is 1. The zero-order valence-electron chi connectivity index (χ0n) is 16.7. The lowest BCUT2D eigenvalue weighted by molar-refractivity contribution is -0.127. The molecule has 0 spiro atoms. The van der Waals surface area contributed by atoms with Gasteiger partial charge in [-0.05, 0) is 62.2 Å². The van der Waals surface area contributed by atoms with Gasteiger partial charge in [0.05, 0.1) is 6.04 Å². The number of nitrogens with one attached hydrogen (secondary N) is 1. The Bertz CT molecular complexity index is 865. The molecule has 1 saturated heterocycles. The number of benzene rings is 2. The second kappa shape index (κ2) is 9.06. The van der Waals surface area contributed by atoms with Gasteiger partial charge in [0.15, 0.2) is 11.5 Å². The van der Waals surface area contributed by atoms with Crippen molar-refractivity contribution >= 4 is 17.5 Å². The summed E-state index contributed by atoms with van der Waals surface area (Å²) < 4.78 is 11.2. The highest BCUT2D eigenvalue weighted by atomic mass is 35.5. The summed E-state index contributed by atoms with van der Waals surface area (Å²) in [6.07, 6.45) is 1.73. The number of halogens is 1. The van der Waals surface area contributed by atoms with Crippen molar-refractivity contribution in [2.75, 3.05) is 26.3 Å². The summed E-state index contributed by atoms with van der Waals surface area (Å²) in [6.45, 7) is 5.79. The zero-order valence-corrected chi connectivity index (χ0v) is 17.5. The van der Waals surface area contributed by atoms with Crippen molar-refractivity contribution in [3.05, 3.63) is 58.6 Å². The molecule has 154 valence electrons. The number of fused-ring (bicyclic) bond motifs is 1. The molecule has 0 aliphatic carbocycles. The first-order valence-corrected chi connectivity index (χ1v) is 10.6. The van der Waals surface area contributed by atoms with Crippen LogP contribution in [0.1, 0.15) is 36.9 Å². The number of rotatable bonds is 5. The van der Waals surface area contributed by atoms with Crippen LogP contribution < -0.4 is 14.8 Å². The van der Waals surface area contributed by atoms with E-state index in [0.717, 1.165) is 60.1 Å². The molecule has 1 amide bonds. The van der Waals surface area contributed by atoms with Crippen LogP contribution in [0.3, 0.4) is 0 Å². The maximum atomic E-state index is 12.8. The van der Waals surface area contributed by atoms with Crippen LogP contribution in [0.2, 0.25) is 5.02 Å². The van der Waals surface area contributed by atoms with Crippen molar-refractivity contribution in [1.29, 1.82) is 0 Å². The molecule has 1 fully saturated rings. The van der Waals surface area contributed by atoms with Crippen LogP contribution in [-0.4, -0.2) is 37.1 Å².